The first kappa shape index (κ1) is 22.4. The van der Waals surface area contributed by atoms with Crippen LogP contribution in [0.5, 0.6) is 0 Å². The SMILES string of the molecule is Cc1ccc(N(C(C)C(=O)N2CCN(c3cccc(Cl)c3)CC2)S(C)(=O)=O)cc1C. The maximum absolute atomic E-state index is 13.2. The van der Waals surface area contributed by atoms with Crippen LogP contribution in [0.25, 0.3) is 0 Å². The molecule has 3 rings (SSSR count). The lowest BCUT2D eigenvalue weighted by Crippen LogP contribution is -2.55. The van der Waals surface area contributed by atoms with Crippen LogP contribution in [0, 0.1) is 13.8 Å². The highest BCUT2D eigenvalue weighted by atomic mass is 35.5. The standard InChI is InChI=1S/C22H28ClN3O3S/c1-16-8-9-21(14-17(16)2)26(30(4,28)29)18(3)22(27)25-12-10-24(11-13-25)20-7-5-6-19(23)15-20/h5-9,14-15,18H,10-13H2,1-4H3. The van der Waals surface area contributed by atoms with Gasteiger partial charge in [-0.05, 0) is 62.2 Å². The average molecular weight is 450 g/mol. The molecule has 1 saturated heterocycles. The van der Waals surface area contributed by atoms with Gasteiger partial charge in [-0.15, -0.1) is 0 Å². The van der Waals surface area contributed by atoms with Crippen LogP contribution < -0.4 is 9.21 Å². The molecule has 0 aliphatic carbocycles. The Kier molecular flexibility index (Phi) is 6.62. The lowest BCUT2D eigenvalue weighted by atomic mass is 10.1. The van der Waals surface area contributed by atoms with Gasteiger partial charge in [0.2, 0.25) is 15.9 Å². The van der Waals surface area contributed by atoms with Gasteiger partial charge in [-0.3, -0.25) is 9.10 Å². The van der Waals surface area contributed by atoms with Crippen LogP contribution in [0.15, 0.2) is 42.5 Å². The third-order valence-electron chi connectivity index (χ3n) is 5.58. The van der Waals surface area contributed by atoms with Crippen LogP contribution in [-0.2, 0) is 14.8 Å². The van der Waals surface area contributed by atoms with Gasteiger partial charge in [0.25, 0.3) is 0 Å². The van der Waals surface area contributed by atoms with E-state index < -0.39 is 16.1 Å². The van der Waals surface area contributed by atoms with Crippen molar-refractivity contribution in [1.29, 1.82) is 0 Å². The van der Waals surface area contributed by atoms with Crippen molar-refractivity contribution in [3.63, 3.8) is 0 Å². The maximum atomic E-state index is 13.2. The van der Waals surface area contributed by atoms with Gasteiger partial charge in [0.1, 0.15) is 6.04 Å². The van der Waals surface area contributed by atoms with Crippen LogP contribution in [0.2, 0.25) is 5.02 Å². The molecule has 30 heavy (non-hydrogen) atoms. The molecule has 2 aromatic carbocycles. The van der Waals surface area contributed by atoms with E-state index in [4.69, 9.17) is 11.6 Å². The van der Waals surface area contributed by atoms with Crippen LogP contribution >= 0.6 is 11.6 Å². The number of piperazine rings is 1. The predicted octanol–water partition coefficient (Wildman–Crippen LogP) is 3.46. The van der Waals surface area contributed by atoms with Crippen molar-refractivity contribution < 1.29 is 13.2 Å². The van der Waals surface area contributed by atoms with Crippen molar-refractivity contribution in [3.05, 3.63) is 58.6 Å². The van der Waals surface area contributed by atoms with Crippen molar-refractivity contribution in [3.8, 4) is 0 Å². The van der Waals surface area contributed by atoms with Crippen LogP contribution in [0.4, 0.5) is 11.4 Å². The van der Waals surface area contributed by atoms with Gasteiger partial charge in [-0.2, -0.15) is 0 Å². The lowest BCUT2D eigenvalue weighted by Gasteiger charge is -2.39. The van der Waals surface area contributed by atoms with Gasteiger partial charge in [0, 0.05) is 36.9 Å². The number of nitrogens with zero attached hydrogens (tertiary/aromatic N) is 3. The number of anilines is 2. The number of sulfonamides is 1. The molecule has 1 atom stereocenters. The largest absolute Gasteiger partial charge is 0.368 e. The van der Waals surface area contributed by atoms with Crippen LogP contribution in [-0.4, -0.2) is 57.7 Å². The summed E-state index contributed by atoms with van der Waals surface area (Å²) < 4.78 is 26.3. The number of rotatable bonds is 5. The molecule has 0 radical (unpaired) electrons. The van der Waals surface area contributed by atoms with E-state index in [0.29, 0.717) is 36.9 Å². The van der Waals surface area contributed by atoms with E-state index in [9.17, 15) is 13.2 Å². The normalized spacial score (nSPS) is 15.8. The summed E-state index contributed by atoms with van der Waals surface area (Å²) in [6.07, 6.45) is 1.14. The van der Waals surface area contributed by atoms with E-state index in [2.05, 4.69) is 4.90 Å². The number of hydrogen-bond donors (Lipinski definition) is 0. The fraction of sp³-hybridized carbons (Fsp3) is 0.409. The molecule has 1 fully saturated rings. The van der Waals surface area contributed by atoms with E-state index in [1.54, 1.807) is 17.9 Å². The topological polar surface area (TPSA) is 60.9 Å². The summed E-state index contributed by atoms with van der Waals surface area (Å²) in [6, 6.07) is 12.3. The fourth-order valence-corrected chi connectivity index (χ4v) is 5.13. The number of benzene rings is 2. The molecule has 1 aliphatic rings. The second kappa shape index (κ2) is 8.86. The summed E-state index contributed by atoms with van der Waals surface area (Å²) in [4.78, 5) is 17.1. The lowest BCUT2D eigenvalue weighted by molar-refractivity contribution is -0.132. The Morgan fingerprint density at radius 1 is 1.03 bits per heavy atom. The van der Waals surface area contributed by atoms with Crippen LogP contribution in [0.1, 0.15) is 18.1 Å². The molecule has 1 unspecified atom stereocenters. The molecule has 0 aromatic heterocycles. The Hall–Kier alpha value is -2.25. The number of hydrogen-bond acceptors (Lipinski definition) is 4. The first-order valence-corrected chi connectivity index (χ1v) is 12.2. The molecular formula is C22H28ClN3O3S. The second-order valence-corrected chi connectivity index (χ2v) is 10.1. The number of amides is 1. The zero-order valence-electron chi connectivity index (χ0n) is 17.8. The highest BCUT2D eigenvalue weighted by Gasteiger charge is 2.33. The molecule has 8 heteroatoms. The minimum absolute atomic E-state index is 0.190. The Bertz CT molecular complexity index is 1030. The van der Waals surface area contributed by atoms with E-state index >= 15 is 0 Å². The second-order valence-electron chi connectivity index (χ2n) is 7.80. The summed E-state index contributed by atoms with van der Waals surface area (Å²) in [7, 11) is -3.63. The quantitative estimate of drug-likeness (QED) is 0.701. The molecule has 6 nitrogen and oxygen atoms in total. The van der Waals surface area contributed by atoms with E-state index in [-0.39, 0.29) is 5.91 Å². The maximum Gasteiger partial charge on any atom is 0.246 e. The van der Waals surface area contributed by atoms with E-state index in [1.165, 1.54) is 4.31 Å². The Balaban J connectivity index is 1.75. The molecule has 1 heterocycles. The molecule has 1 amide bonds. The fourth-order valence-electron chi connectivity index (χ4n) is 3.79. The van der Waals surface area contributed by atoms with Crippen molar-refractivity contribution >= 4 is 38.9 Å². The van der Waals surface area contributed by atoms with Gasteiger partial charge in [0.05, 0.1) is 11.9 Å². The first-order valence-electron chi connectivity index (χ1n) is 9.94. The molecule has 162 valence electrons. The van der Waals surface area contributed by atoms with Crippen molar-refractivity contribution in [2.45, 2.75) is 26.8 Å². The Morgan fingerprint density at radius 2 is 1.70 bits per heavy atom. The summed E-state index contributed by atoms with van der Waals surface area (Å²) in [5.74, 6) is -0.190. The van der Waals surface area contributed by atoms with Crippen molar-refractivity contribution in [1.82, 2.24) is 4.90 Å². The smallest absolute Gasteiger partial charge is 0.246 e. The Labute approximate surface area is 184 Å². The van der Waals surface area contributed by atoms with Crippen molar-refractivity contribution in [2.75, 3.05) is 41.6 Å². The molecule has 0 bridgehead atoms. The number of carbonyl (C=O) groups is 1. The number of halogens is 1. The van der Waals surface area contributed by atoms with Gasteiger partial charge in [-0.1, -0.05) is 23.7 Å². The molecule has 2 aromatic rings. The van der Waals surface area contributed by atoms with E-state index in [0.717, 1.165) is 23.1 Å². The predicted molar refractivity (Wildman–Crippen MR) is 123 cm³/mol. The molecule has 1 aliphatic heterocycles. The zero-order valence-corrected chi connectivity index (χ0v) is 19.4. The van der Waals surface area contributed by atoms with E-state index in [1.807, 2.05) is 50.2 Å². The summed E-state index contributed by atoms with van der Waals surface area (Å²) in [5, 5.41) is 0.678. The highest BCUT2D eigenvalue weighted by molar-refractivity contribution is 7.92. The zero-order chi connectivity index (χ0) is 22.1. The molecule has 0 spiro atoms. The third kappa shape index (κ3) is 4.90. The van der Waals surface area contributed by atoms with Gasteiger partial charge >= 0.3 is 0 Å². The number of carbonyl (C=O) groups excluding carboxylic acids is 1. The van der Waals surface area contributed by atoms with Crippen molar-refractivity contribution in [2.24, 2.45) is 0 Å². The Morgan fingerprint density at radius 3 is 2.27 bits per heavy atom. The van der Waals surface area contributed by atoms with Gasteiger partial charge in [-0.25, -0.2) is 8.42 Å². The van der Waals surface area contributed by atoms with Crippen LogP contribution in [0.3, 0.4) is 0 Å². The minimum Gasteiger partial charge on any atom is -0.368 e. The third-order valence-corrected chi connectivity index (χ3v) is 7.05. The highest BCUT2D eigenvalue weighted by Crippen LogP contribution is 2.25. The monoisotopic (exact) mass is 449 g/mol. The summed E-state index contributed by atoms with van der Waals surface area (Å²) in [6.45, 7) is 7.95. The van der Waals surface area contributed by atoms with Gasteiger partial charge < -0.3 is 9.80 Å². The summed E-state index contributed by atoms with van der Waals surface area (Å²) >= 11 is 6.09. The average Bonchev–Trinajstić information content (AvgIpc) is 2.69. The first-order chi connectivity index (χ1) is 14.1. The van der Waals surface area contributed by atoms with Gasteiger partial charge in [0.15, 0.2) is 0 Å². The molecule has 0 saturated carbocycles. The summed E-state index contributed by atoms with van der Waals surface area (Å²) in [5.41, 5.74) is 3.59. The number of aryl methyl sites for hydroxylation is 2. The molecular weight excluding hydrogens is 422 g/mol. The molecule has 0 N–H and O–H groups in total. The minimum atomic E-state index is -3.63.